The molecule has 3 rings (SSSR count). The van der Waals surface area contributed by atoms with Crippen LogP contribution in [-0.4, -0.2) is 32.4 Å². The van der Waals surface area contributed by atoms with E-state index in [0.717, 1.165) is 25.8 Å². The van der Waals surface area contributed by atoms with E-state index in [-0.39, 0.29) is 0 Å². The molecule has 2 aromatic carbocycles. The molecule has 0 unspecified atom stereocenters. The van der Waals surface area contributed by atoms with Gasteiger partial charge in [0.25, 0.3) is 0 Å². The lowest BCUT2D eigenvalue weighted by Crippen LogP contribution is -2.34. The lowest BCUT2D eigenvalue weighted by atomic mass is 9.77. The molecule has 0 bridgehead atoms. The Hall–Kier alpha value is -1.60. The highest BCUT2D eigenvalue weighted by Crippen LogP contribution is 2.37. The lowest BCUT2D eigenvalue weighted by Gasteiger charge is -2.33. The fraction of sp³-hybridized carbons (Fsp3) is 0.333. The summed E-state index contributed by atoms with van der Waals surface area (Å²) in [6.07, 6.45) is 2.12. The second-order valence-corrected chi connectivity index (χ2v) is 7.55. The van der Waals surface area contributed by atoms with Gasteiger partial charge in [-0.2, -0.15) is 8.42 Å². The molecule has 2 aromatic rings. The highest BCUT2D eigenvalue weighted by atomic mass is 35.5. The Kier molecular flexibility index (Phi) is 7.25. The molecule has 1 fully saturated rings. The van der Waals surface area contributed by atoms with E-state index < -0.39 is 10.1 Å². The zero-order valence-corrected chi connectivity index (χ0v) is 15.5. The van der Waals surface area contributed by atoms with Crippen LogP contribution in [0.3, 0.4) is 0 Å². The van der Waals surface area contributed by atoms with Crippen molar-refractivity contribution in [2.24, 2.45) is 0 Å². The summed E-state index contributed by atoms with van der Waals surface area (Å²) in [5, 5.41) is 3.47. The van der Waals surface area contributed by atoms with Crippen molar-refractivity contribution in [2.45, 2.75) is 18.3 Å². The van der Waals surface area contributed by atoms with Gasteiger partial charge in [0, 0.05) is 12.5 Å². The van der Waals surface area contributed by atoms with Gasteiger partial charge in [-0.3, -0.25) is 4.66 Å². The van der Waals surface area contributed by atoms with Crippen LogP contribution < -0.4 is 9.50 Å². The Morgan fingerprint density at radius 2 is 1.60 bits per heavy atom. The largest absolute Gasteiger partial charge is 0.383 e. The van der Waals surface area contributed by atoms with Crippen LogP contribution in [0.4, 0.5) is 0 Å². The second kappa shape index (κ2) is 9.20. The molecule has 0 saturated carbocycles. The molecule has 0 radical (unpaired) electrons. The van der Waals surface area contributed by atoms with Crippen LogP contribution in [0.1, 0.15) is 29.4 Å². The summed E-state index contributed by atoms with van der Waals surface area (Å²) in [6, 6.07) is 18.0. The second-order valence-electron chi connectivity index (χ2n) is 5.97. The lowest BCUT2D eigenvalue weighted by molar-refractivity contribution is 0.404. The first-order chi connectivity index (χ1) is 12.0. The van der Waals surface area contributed by atoms with Crippen LogP contribution in [0.25, 0.3) is 0 Å². The van der Waals surface area contributed by atoms with Crippen molar-refractivity contribution in [1.29, 1.82) is 0 Å². The van der Waals surface area contributed by atoms with Crippen LogP contribution in [0.5, 0.6) is 5.75 Å². The predicted octanol–water partition coefficient (Wildman–Crippen LogP) is 3.02. The molecule has 2 atom stereocenters. The number of hydrogen-bond acceptors (Lipinski definition) is 5. The molecule has 0 amide bonds. The maximum atomic E-state index is 11.2. The van der Waals surface area contributed by atoms with E-state index in [1.807, 2.05) is 18.2 Å². The normalized spacial score (nSPS) is 20.3. The topological polar surface area (TPSA) is 75.6 Å². The van der Waals surface area contributed by atoms with Gasteiger partial charge in [-0.15, -0.1) is 0 Å². The fourth-order valence-corrected chi connectivity index (χ4v) is 3.71. The molecular weight excluding hydrogens is 362 g/mol. The SMILES string of the molecule is CS(=O)(=O)Oc1ccc([C@@H]2CCNC[C@H]2c2ccccc2)cc1.OCl. The maximum absolute atomic E-state index is 11.2. The average molecular weight is 384 g/mol. The van der Waals surface area contributed by atoms with Gasteiger partial charge in [-0.1, -0.05) is 42.5 Å². The van der Waals surface area contributed by atoms with Crippen LogP contribution >= 0.6 is 11.9 Å². The Bertz CT molecular complexity index is 750. The van der Waals surface area contributed by atoms with Crippen LogP contribution in [0.15, 0.2) is 54.6 Å². The summed E-state index contributed by atoms with van der Waals surface area (Å²) in [5.41, 5.74) is 2.56. The molecule has 1 heterocycles. The standard InChI is InChI=1S/C18H21NO3S.ClHO/c1-23(20,21)22-16-9-7-15(8-10-16)17-11-12-19-13-18(17)14-5-3-2-4-6-14;1-2/h2-10,17-19H,11-13H2,1H3;2H/t17-,18-;/m0./s1. The van der Waals surface area contributed by atoms with Crippen molar-refractivity contribution in [1.82, 2.24) is 5.32 Å². The smallest absolute Gasteiger partial charge is 0.306 e. The molecule has 1 aliphatic rings. The van der Waals surface area contributed by atoms with Gasteiger partial charge in [0.1, 0.15) is 5.75 Å². The Labute approximate surface area is 153 Å². The molecule has 1 saturated heterocycles. The monoisotopic (exact) mass is 383 g/mol. The predicted molar refractivity (Wildman–Crippen MR) is 99.4 cm³/mol. The minimum Gasteiger partial charge on any atom is -0.383 e. The zero-order chi connectivity index (χ0) is 18.3. The highest BCUT2D eigenvalue weighted by molar-refractivity contribution is 7.86. The van der Waals surface area contributed by atoms with E-state index >= 15 is 0 Å². The van der Waals surface area contributed by atoms with Crippen molar-refractivity contribution in [3.05, 3.63) is 65.7 Å². The third-order valence-corrected chi connectivity index (χ3v) is 4.76. The molecule has 7 heteroatoms. The number of nitrogens with one attached hydrogen (secondary N) is 1. The van der Waals surface area contributed by atoms with E-state index in [1.165, 1.54) is 11.1 Å². The number of rotatable bonds is 4. The molecule has 5 nitrogen and oxygen atoms in total. The Balaban J connectivity index is 0.00000109. The Morgan fingerprint density at radius 1 is 1.00 bits per heavy atom. The van der Waals surface area contributed by atoms with Crippen molar-refractivity contribution in [3.63, 3.8) is 0 Å². The van der Waals surface area contributed by atoms with E-state index in [2.05, 4.69) is 41.4 Å². The quantitative estimate of drug-likeness (QED) is 0.794. The summed E-state index contributed by atoms with van der Waals surface area (Å²) >= 11 is 3.64. The fourth-order valence-electron chi connectivity index (χ4n) is 3.25. The van der Waals surface area contributed by atoms with Gasteiger partial charge < -0.3 is 9.50 Å². The summed E-state index contributed by atoms with van der Waals surface area (Å²) in [4.78, 5) is 0. The van der Waals surface area contributed by atoms with Crippen molar-refractivity contribution < 1.29 is 17.3 Å². The van der Waals surface area contributed by atoms with Crippen molar-refractivity contribution in [3.8, 4) is 5.75 Å². The van der Waals surface area contributed by atoms with Crippen molar-refractivity contribution in [2.75, 3.05) is 19.3 Å². The molecule has 0 aliphatic carbocycles. The van der Waals surface area contributed by atoms with Gasteiger partial charge in [-0.05, 0) is 42.1 Å². The van der Waals surface area contributed by atoms with Gasteiger partial charge in [0.05, 0.1) is 18.1 Å². The zero-order valence-electron chi connectivity index (χ0n) is 13.9. The Morgan fingerprint density at radius 3 is 2.20 bits per heavy atom. The number of piperidine rings is 1. The molecule has 2 N–H and O–H groups in total. The number of halogens is 1. The molecule has 0 aromatic heterocycles. The molecule has 25 heavy (non-hydrogen) atoms. The van der Waals surface area contributed by atoms with Crippen molar-refractivity contribution >= 4 is 22.0 Å². The van der Waals surface area contributed by atoms with Crippen LogP contribution in [0.2, 0.25) is 0 Å². The molecular formula is C18H22ClNO4S. The molecule has 0 spiro atoms. The first-order valence-electron chi connectivity index (χ1n) is 7.95. The van der Waals surface area contributed by atoms with Gasteiger partial charge in [0.2, 0.25) is 0 Å². The van der Waals surface area contributed by atoms with Gasteiger partial charge in [-0.25, -0.2) is 0 Å². The molecule has 136 valence electrons. The van der Waals surface area contributed by atoms with Gasteiger partial charge >= 0.3 is 10.1 Å². The average Bonchev–Trinajstić information content (AvgIpc) is 2.63. The number of benzene rings is 2. The third-order valence-electron chi connectivity index (χ3n) is 4.27. The van der Waals surface area contributed by atoms with E-state index in [4.69, 9.17) is 8.84 Å². The van der Waals surface area contributed by atoms with E-state index in [9.17, 15) is 8.42 Å². The van der Waals surface area contributed by atoms with E-state index in [0.29, 0.717) is 17.6 Å². The number of hydrogen-bond donors (Lipinski definition) is 2. The maximum Gasteiger partial charge on any atom is 0.306 e. The van der Waals surface area contributed by atoms with E-state index in [1.54, 1.807) is 12.1 Å². The summed E-state index contributed by atoms with van der Waals surface area (Å²) in [6.45, 7) is 1.95. The summed E-state index contributed by atoms with van der Waals surface area (Å²) in [7, 11) is -3.48. The third kappa shape index (κ3) is 5.71. The highest BCUT2D eigenvalue weighted by Gasteiger charge is 2.27. The first kappa shape index (κ1) is 19.7. The minimum absolute atomic E-state index is 0.362. The molecule has 1 aliphatic heterocycles. The van der Waals surface area contributed by atoms with Crippen LogP contribution in [-0.2, 0) is 10.1 Å². The van der Waals surface area contributed by atoms with Crippen LogP contribution in [0, 0.1) is 0 Å². The van der Waals surface area contributed by atoms with Gasteiger partial charge in [0.15, 0.2) is 0 Å². The first-order valence-corrected chi connectivity index (χ1v) is 10.1. The minimum atomic E-state index is -3.48. The summed E-state index contributed by atoms with van der Waals surface area (Å²) < 4.78 is 33.8. The summed E-state index contributed by atoms with van der Waals surface area (Å²) in [5.74, 6) is 1.21.